The Morgan fingerprint density at radius 1 is 1.30 bits per heavy atom. The van der Waals surface area contributed by atoms with Gasteiger partial charge in [-0.1, -0.05) is 19.4 Å². The molecule has 1 aromatic rings. The molecule has 0 saturated carbocycles. The highest BCUT2D eigenvalue weighted by Gasteiger charge is 2.16. The quantitative estimate of drug-likeness (QED) is 0.668. The van der Waals surface area contributed by atoms with Crippen LogP contribution in [0.25, 0.3) is 0 Å². The van der Waals surface area contributed by atoms with Crippen LogP contribution in [0.1, 0.15) is 30.1 Å². The molecule has 0 atom stereocenters. The number of hydrogen-bond donors (Lipinski definition) is 3. The van der Waals surface area contributed by atoms with Crippen LogP contribution in [-0.4, -0.2) is 38.8 Å². The molecule has 0 spiro atoms. The lowest BCUT2D eigenvalue weighted by Crippen LogP contribution is -2.30. The third-order valence-electron chi connectivity index (χ3n) is 3.23. The third kappa shape index (κ3) is 3.87. The fourth-order valence-corrected chi connectivity index (χ4v) is 2.14. The fourth-order valence-electron chi connectivity index (χ4n) is 2.14. The van der Waals surface area contributed by atoms with Crippen molar-refractivity contribution in [3.8, 4) is 0 Å². The van der Waals surface area contributed by atoms with Gasteiger partial charge in [0.2, 0.25) is 0 Å². The number of fused-ring (bicyclic) bond motifs is 1. The van der Waals surface area contributed by atoms with Gasteiger partial charge in [0.1, 0.15) is 0 Å². The van der Waals surface area contributed by atoms with Gasteiger partial charge in [-0.25, -0.2) is 0 Å². The molecule has 2 rings (SSSR count). The predicted molar refractivity (Wildman–Crippen MR) is 81.5 cm³/mol. The van der Waals surface area contributed by atoms with Crippen molar-refractivity contribution in [2.24, 2.45) is 0 Å². The minimum atomic E-state index is -0.0582. The molecule has 0 unspecified atom stereocenters. The van der Waals surface area contributed by atoms with Gasteiger partial charge in [-0.15, -0.1) is 0 Å². The molecule has 1 aliphatic rings. The topological polar surface area (TPSA) is 62.4 Å². The Morgan fingerprint density at radius 2 is 2.15 bits per heavy atom. The molecule has 5 heteroatoms. The first-order valence-electron chi connectivity index (χ1n) is 7.29. The highest BCUT2D eigenvalue weighted by molar-refractivity contribution is 6.02. The normalized spacial score (nSPS) is 13.1. The number of rotatable bonds is 7. The Balaban J connectivity index is 1.83. The molecule has 0 aliphatic carbocycles. The Kier molecular flexibility index (Phi) is 5.68. The van der Waals surface area contributed by atoms with E-state index in [4.69, 9.17) is 4.74 Å². The lowest BCUT2D eigenvalue weighted by atomic mass is 10.1. The molecule has 0 aromatic heterocycles. The van der Waals surface area contributed by atoms with Gasteiger partial charge in [0.15, 0.2) is 0 Å². The first-order valence-corrected chi connectivity index (χ1v) is 7.29. The zero-order valence-corrected chi connectivity index (χ0v) is 12.0. The second-order valence-corrected chi connectivity index (χ2v) is 4.80. The predicted octanol–water partition coefficient (Wildman–Crippen LogP) is 2.07. The smallest absolute Gasteiger partial charge is 0.253 e. The van der Waals surface area contributed by atoms with Crippen molar-refractivity contribution in [2.45, 2.75) is 19.8 Å². The van der Waals surface area contributed by atoms with Crippen molar-refractivity contribution in [2.75, 3.05) is 43.5 Å². The van der Waals surface area contributed by atoms with Crippen molar-refractivity contribution >= 4 is 17.3 Å². The average molecular weight is 277 g/mol. The number of unbranched alkanes of at least 4 members (excludes halogenated alkanes) is 1. The summed E-state index contributed by atoms with van der Waals surface area (Å²) in [5.74, 6) is -0.0582. The maximum atomic E-state index is 12.2. The van der Waals surface area contributed by atoms with Crippen molar-refractivity contribution in [3.05, 3.63) is 23.8 Å². The number of para-hydroxylation sites is 1. The summed E-state index contributed by atoms with van der Waals surface area (Å²) in [6.07, 6.45) is 2.19. The SMILES string of the molecule is CCCCOCCNC(=O)c1cccc2c1NCCN2. The van der Waals surface area contributed by atoms with E-state index < -0.39 is 0 Å². The zero-order valence-electron chi connectivity index (χ0n) is 12.0. The molecule has 0 fully saturated rings. The molecule has 1 heterocycles. The molecule has 0 radical (unpaired) electrons. The minimum absolute atomic E-state index is 0.0582. The molecule has 0 saturated heterocycles. The Bertz CT molecular complexity index is 449. The van der Waals surface area contributed by atoms with Crippen LogP contribution < -0.4 is 16.0 Å². The van der Waals surface area contributed by atoms with Crippen molar-refractivity contribution in [1.82, 2.24) is 5.32 Å². The van der Waals surface area contributed by atoms with E-state index in [0.717, 1.165) is 43.9 Å². The number of benzene rings is 1. The monoisotopic (exact) mass is 277 g/mol. The van der Waals surface area contributed by atoms with E-state index in [2.05, 4.69) is 22.9 Å². The number of nitrogens with one attached hydrogen (secondary N) is 3. The molecule has 0 bridgehead atoms. The number of hydrogen-bond acceptors (Lipinski definition) is 4. The first-order chi connectivity index (χ1) is 9.83. The lowest BCUT2D eigenvalue weighted by molar-refractivity contribution is 0.0913. The molecular formula is C15H23N3O2. The van der Waals surface area contributed by atoms with Gasteiger partial charge in [-0.2, -0.15) is 0 Å². The summed E-state index contributed by atoms with van der Waals surface area (Å²) in [5.41, 5.74) is 2.56. The van der Waals surface area contributed by atoms with Gasteiger partial charge in [0.25, 0.3) is 5.91 Å². The summed E-state index contributed by atoms with van der Waals surface area (Å²) < 4.78 is 5.43. The maximum Gasteiger partial charge on any atom is 0.253 e. The van der Waals surface area contributed by atoms with Gasteiger partial charge in [0.05, 0.1) is 23.5 Å². The second-order valence-electron chi connectivity index (χ2n) is 4.80. The fraction of sp³-hybridized carbons (Fsp3) is 0.533. The summed E-state index contributed by atoms with van der Waals surface area (Å²) in [4.78, 5) is 12.2. The molecule has 5 nitrogen and oxygen atoms in total. The van der Waals surface area contributed by atoms with E-state index >= 15 is 0 Å². The van der Waals surface area contributed by atoms with Crippen molar-refractivity contribution in [1.29, 1.82) is 0 Å². The molecule has 3 N–H and O–H groups in total. The number of anilines is 2. The second kappa shape index (κ2) is 7.75. The van der Waals surface area contributed by atoms with Crippen LogP contribution in [0, 0.1) is 0 Å². The summed E-state index contributed by atoms with van der Waals surface area (Å²) in [7, 11) is 0. The van der Waals surface area contributed by atoms with Crippen LogP contribution in [0.2, 0.25) is 0 Å². The van der Waals surface area contributed by atoms with E-state index in [1.807, 2.05) is 18.2 Å². The van der Waals surface area contributed by atoms with Gasteiger partial charge >= 0.3 is 0 Å². The molecule has 20 heavy (non-hydrogen) atoms. The van der Waals surface area contributed by atoms with Gasteiger partial charge in [-0.05, 0) is 18.6 Å². The largest absolute Gasteiger partial charge is 0.382 e. The lowest BCUT2D eigenvalue weighted by Gasteiger charge is -2.22. The van der Waals surface area contributed by atoms with Crippen LogP contribution in [0.3, 0.4) is 0 Å². The summed E-state index contributed by atoms with van der Waals surface area (Å²) in [6.45, 7) is 5.70. The Morgan fingerprint density at radius 3 is 3.00 bits per heavy atom. The van der Waals surface area contributed by atoms with E-state index in [9.17, 15) is 4.79 Å². The van der Waals surface area contributed by atoms with Crippen LogP contribution in [0.5, 0.6) is 0 Å². The van der Waals surface area contributed by atoms with Gasteiger partial charge < -0.3 is 20.7 Å². The molecular weight excluding hydrogens is 254 g/mol. The number of carbonyl (C=O) groups is 1. The first kappa shape index (κ1) is 14.7. The molecule has 1 amide bonds. The van der Waals surface area contributed by atoms with Crippen LogP contribution >= 0.6 is 0 Å². The van der Waals surface area contributed by atoms with E-state index in [1.165, 1.54) is 0 Å². The molecule has 110 valence electrons. The summed E-state index contributed by atoms with van der Waals surface area (Å²) in [6, 6.07) is 5.71. The van der Waals surface area contributed by atoms with Crippen LogP contribution in [0.4, 0.5) is 11.4 Å². The Labute approximate surface area is 120 Å². The number of carbonyl (C=O) groups excluding carboxylic acids is 1. The van der Waals surface area contributed by atoms with E-state index in [0.29, 0.717) is 18.7 Å². The van der Waals surface area contributed by atoms with Crippen LogP contribution in [-0.2, 0) is 4.74 Å². The number of amides is 1. The summed E-state index contributed by atoms with van der Waals surface area (Å²) in [5, 5.41) is 9.45. The highest BCUT2D eigenvalue weighted by atomic mass is 16.5. The van der Waals surface area contributed by atoms with E-state index in [-0.39, 0.29) is 5.91 Å². The average Bonchev–Trinajstić information content (AvgIpc) is 2.50. The Hall–Kier alpha value is -1.75. The number of ether oxygens (including phenoxy) is 1. The molecule has 1 aliphatic heterocycles. The third-order valence-corrected chi connectivity index (χ3v) is 3.23. The summed E-state index contributed by atoms with van der Waals surface area (Å²) >= 11 is 0. The maximum absolute atomic E-state index is 12.2. The van der Waals surface area contributed by atoms with Crippen LogP contribution in [0.15, 0.2) is 18.2 Å². The zero-order chi connectivity index (χ0) is 14.2. The van der Waals surface area contributed by atoms with Crippen molar-refractivity contribution < 1.29 is 9.53 Å². The highest BCUT2D eigenvalue weighted by Crippen LogP contribution is 2.28. The molecule has 1 aromatic carbocycles. The minimum Gasteiger partial charge on any atom is -0.382 e. The van der Waals surface area contributed by atoms with Gasteiger partial charge in [0, 0.05) is 26.2 Å². The van der Waals surface area contributed by atoms with E-state index in [1.54, 1.807) is 0 Å². The van der Waals surface area contributed by atoms with Gasteiger partial charge in [-0.3, -0.25) is 4.79 Å². The standard InChI is InChI=1S/C15H23N3O2/c1-2-3-10-20-11-9-18-15(19)12-5-4-6-13-14(12)17-8-7-16-13/h4-6,16-17H,2-3,7-11H2,1H3,(H,18,19). The van der Waals surface area contributed by atoms with Crippen molar-refractivity contribution in [3.63, 3.8) is 0 Å².